The number of ether oxygens (including phenoxy) is 1. The van der Waals surface area contributed by atoms with Gasteiger partial charge in [-0.3, -0.25) is 0 Å². The largest absolute Gasteiger partial charge is 0.465 e. The van der Waals surface area contributed by atoms with E-state index in [-0.39, 0.29) is 17.0 Å². The number of alkyl halides is 3. The van der Waals surface area contributed by atoms with Crippen LogP contribution in [0, 0.1) is 11.3 Å². The zero-order valence-corrected chi connectivity index (χ0v) is 9.46. The predicted molar refractivity (Wildman–Crippen MR) is 54.8 cm³/mol. The smallest absolute Gasteiger partial charge is 0.341 e. The lowest BCUT2D eigenvalue weighted by molar-refractivity contribution is 0.0598. The number of hydrogen-bond donors (Lipinski definition) is 0. The van der Waals surface area contributed by atoms with Crippen LogP contribution in [0.25, 0.3) is 0 Å². The molecule has 0 radical (unpaired) electrons. The molecule has 0 N–H and O–H groups in total. The zero-order chi connectivity index (χ0) is 13.0. The van der Waals surface area contributed by atoms with Crippen LogP contribution in [-0.2, 0) is 10.6 Å². The number of rotatable bonds is 3. The molecule has 7 heteroatoms. The van der Waals surface area contributed by atoms with Crippen molar-refractivity contribution >= 4 is 17.6 Å². The second-order valence-electron chi connectivity index (χ2n) is 2.97. The Morgan fingerprint density at radius 2 is 2.35 bits per heavy atom. The molecule has 17 heavy (non-hydrogen) atoms. The third-order valence-corrected chi connectivity index (χ3v) is 2.27. The van der Waals surface area contributed by atoms with Crippen LogP contribution in [0.1, 0.15) is 33.7 Å². The Balaban J connectivity index is 3.48. The van der Waals surface area contributed by atoms with Crippen molar-refractivity contribution in [2.45, 2.75) is 12.3 Å². The van der Waals surface area contributed by atoms with Gasteiger partial charge in [0.1, 0.15) is 17.3 Å². The topological polar surface area (TPSA) is 63.0 Å². The Kier molecular flexibility index (Phi) is 4.35. The van der Waals surface area contributed by atoms with E-state index in [1.807, 2.05) is 0 Å². The van der Waals surface area contributed by atoms with Crippen LogP contribution in [0.5, 0.6) is 0 Å². The van der Waals surface area contributed by atoms with Crippen LogP contribution in [0.15, 0.2) is 6.07 Å². The molecule has 0 saturated heterocycles. The number of nitrogens with zero attached hydrogens (tertiary/aromatic N) is 2. The van der Waals surface area contributed by atoms with Crippen LogP contribution in [-0.4, -0.2) is 18.1 Å². The highest BCUT2D eigenvalue weighted by Gasteiger charge is 2.22. The monoisotopic (exact) mass is 260 g/mol. The van der Waals surface area contributed by atoms with Gasteiger partial charge in [0.05, 0.1) is 7.11 Å². The number of carbonyl (C=O) groups excluding carboxylic acids is 1. The van der Waals surface area contributed by atoms with Crippen molar-refractivity contribution in [3.63, 3.8) is 0 Å². The first kappa shape index (κ1) is 13.3. The number of nitriles is 1. The highest BCUT2D eigenvalue weighted by Crippen LogP contribution is 2.23. The van der Waals surface area contributed by atoms with Crippen molar-refractivity contribution in [1.29, 1.82) is 5.26 Å². The quantitative estimate of drug-likeness (QED) is 0.618. The van der Waals surface area contributed by atoms with Gasteiger partial charge < -0.3 is 4.74 Å². The standard InChI is InChI=1S/C10H7ClF2N2O2/c1-17-10(16)8-5(3-11)2-6(9(12)13)15-7(8)4-14/h2,9H,3H2,1H3. The van der Waals surface area contributed by atoms with Crippen LogP contribution in [0.4, 0.5) is 8.78 Å². The number of esters is 1. The van der Waals surface area contributed by atoms with Crippen molar-refractivity contribution < 1.29 is 18.3 Å². The van der Waals surface area contributed by atoms with Gasteiger partial charge in [-0.2, -0.15) is 5.26 Å². The first-order valence-corrected chi connectivity index (χ1v) is 4.95. The maximum absolute atomic E-state index is 12.5. The van der Waals surface area contributed by atoms with Gasteiger partial charge in [0.25, 0.3) is 6.43 Å². The fourth-order valence-corrected chi connectivity index (χ4v) is 1.46. The number of hydrogen-bond acceptors (Lipinski definition) is 4. The second kappa shape index (κ2) is 5.55. The minimum atomic E-state index is -2.84. The summed E-state index contributed by atoms with van der Waals surface area (Å²) in [6.07, 6.45) is -2.84. The zero-order valence-electron chi connectivity index (χ0n) is 8.71. The molecule has 0 aliphatic heterocycles. The first-order chi connectivity index (χ1) is 8.04. The number of methoxy groups -OCH3 is 1. The third kappa shape index (κ3) is 2.68. The molecule has 0 atom stereocenters. The van der Waals surface area contributed by atoms with Crippen LogP contribution >= 0.6 is 11.6 Å². The fraction of sp³-hybridized carbons (Fsp3) is 0.300. The Hall–Kier alpha value is -1.74. The molecule has 0 bridgehead atoms. The Morgan fingerprint density at radius 1 is 1.71 bits per heavy atom. The maximum Gasteiger partial charge on any atom is 0.341 e. The van der Waals surface area contributed by atoms with E-state index in [4.69, 9.17) is 16.9 Å². The van der Waals surface area contributed by atoms with Gasteiger partial charge in [-0.1, -0.05) is 0 Å². The summed E-state index contributed by atoms with van der Waals surface area (Å²) in [5, 5.41) is 8.78. The van der Waals surface area contributed by atoms with Gasteiger partial charge in [-0.25, -0.2) is 18.6 Å². The molecule has 1 rings (SSSR count). The van der Waals surface area contributed by atoms with Gasteiger partial charge in [-0.05, 0) is 11.6 Å². The molecule has 90 valence electrons. The summed E-state index contributed by atoms with van der Waals surface area (Å²) < 4.78 is 29.4. The minimum Gasteiger partial charge on any atom is -0.465 e. The minimum absolute atomic E-state index is 0.0976. The predicted octanol–water partition coefficient (Wildman–Crippen LogP) is 2.42. The first-order valence-electron chi connectivity index (χ1n) is 4.41. The average molecular weight is 261 g/mol. The molecular weight excluding hydrogens is 254 g/mol. The van der Waals surface area contributed by atoms with Crippen molar-refractivity contribution in [3.05, 3.63) is 28.6 Å². The average Bonchev–Trinajstić information content (AvgIpc) is 2.35. The van der Waals surface area contributed by atoms with Gasteiger partial charge in [0, 0.05) is 5.88 Å². The van der Waals surface area contributed by atoms with E-state index >= 15 is 0 Å². The molecule has 0 fully saturated rings. The summed E-state index contributed by atoms with van der Waals surface area (Å²) in [6.45, 7) is 0. The number of aromatic nitrogens is 1. The molecule has 0 aliphatic rings. The normalized spacial score (nSPS) is 10.1. The van der Waals surface area contributed by atoms with Gasteiger partial charge in [0.15, 0.2) is 5.69 Å². The Labute approximate surface area is 101 Å². The van der Waals surface area contributed by atoms with E-state index in [0.717, 1.165) is 13.2 Å². The van der Waals surface area contributed by atoms with Crippen LogP contribution < -0.4 is 0 Å². The maximum atomic E-state index is 12.5. The molecule has 0 unspecified atom stereocenters. The summed E-state index contributed by atoms with van der Waals surface area (Å²) in [4.78, 5) is 14.8. The van der Waals surface area contributed by atoms with E-state index < -0.39 is 23.8 Å². The lowest BCUT2D eigenvalue weighted by atomic mass is 10.1. The molecule has 0 spiro atoms. The molecule has 0 aromatic carbocycles. The molecule has 0 aliphatic carbocycles. The Bertz CT molecular complexity index is 486. The fourth-order valence-electron chi connectivity index (χ4n) is 1.25. The van der Waals surface area contributed by atoms with E-state index in [1.165, 1.54) is 0 Å². The van der Waals surface area contributed by atoms with Gasteiger partial charge in [0.2, 0.25) is 0 Å². The summed E-state index contributed by atoms with van der Waals surface area (Å²) in [5.41, 5.74) is -1.08. The van der Waals surface area contributed by atoms with E-state index in [9.17, 15) is 13.6 Å². The van der Waals surface area contributed by atoms with Crippen molar-refractivity contribution in [3.8, 4) is 6.07 Å². The number of halogens is 3. The second-order valence-corrected chi connectivity index (χ2v) is 3.23. The van der Waals surface area contributed by atoms with Crippen molar-refractivity contribution in [2.24, 2.45) is 0 Å². The molecule has 0 saturated carbocycles. The summed E-state index contributed by atoms with van der Waals surface area (Å²) in [5.74, 6) is -1.02. The molecular formula is C10H7ClF2N2O2. The van der Waals surface area contributed by atoms with Gasteiger partial charge >= 0.3 is 5.97 Å². The molecule has 1 heterocycles. The highest BCUT2D eigenvalue weighted by molar-refractivity contribution is 6.17. The highest BCUT2D eigenvalue weighted by atomic mass is 35.5. The van der Waals surface area contributed by atoms with Crippen molar-refractivity contribution in [2.75, 3.05) is 7.11 Å². The van der Waals surface area contributed by atoms with Crippen LogP contribution in [0.2, 0.25) is 0 Å². The Morgan fingerprint density at radius 3 is 2.76 bits per heavy atom. The molecule has 0 amide bonds. The summed E-state index contributed by atoms with van der Waals surface area (Å²) >= 11 is 5.55. The van der Waals surface area contributed by atoms with Gasteiger partial charge in [-0.15, -0.1) is 11.6 Å². The third-order valence-electron chi connectivity index (χ3n) is 1.98. The van der Waals surface area contributed by atoms with E-state index in [0.29, 0.717) is 0 Å². The van der Waals surface area contributed by atoms with Crippen LogP contribution in [0.3, 0.4) is 0 Å². The number of pyridine rings is 1. The molecule has 1 aromatic rings. The molecule has 1 aromatic heterocycles. The molecule has 4 nitrogen and oxygen atoms in total. The lowest BCUT2D eigenvalue weighted by Gasteiger charge is -2.09. The summed E-state index contributed by atoms with van der Waals surface area (Å²) in [6, 6.07) is 2.57. The SMILES string of the molecule is COC(=O)c1c(CCl)cc(C(F)F)nc1C#N. The summed E-state index contributed by atoms with van der Waals surface area (Å²) in [7, 11) is 1.11. The van der Waals surface area contributed by atoms with E-state index in [2.05, 4.69) is 9.72 Å². The van der Waals surface area contributed by atoms with Crippen molar-refractivity contribution in [1.82, 2.24) is 4.98 Å². The van der Waals surface area contributed by atoms with E-state index in [1.54, 1.807) is 6.07 Å². The lowest BCUT2D eigenvalue weighted by Crippen LogP contribution is -2.11. The number of carbonyl (C=O) groups is 1.